The summed E-state index contributed by atoms with van der Waals surface area (Å²) in [5.41, 5.74) is 0.969. The first kappa shape index (κ1) is 18.2. The topological polar surface area (TPSA) is 112 Å². The van der Waals surface area contributed by atoms with Crippen molar-refractivity contribution in [2.24, 2.45) is 4.99 Å². The molecular weight excluding hydrogens is 360 g/mol. The molecule has 0 amide bonds. The predicted molar refractivity (Wildman–Crippen MR) is 103 cm³/mol. The fourth-order valence-corrected chi connectivity index (χ4v) is 3.21. The van der Waals surface area contributed by atoms with Crippen molar-refractivity contribution in [3.63, 3.8) is 0 Å². The molecule has 10 heteroatoms. The van der Waals surface area contributed by atoms with Gasteiger partial charge in [-0.25, -0.2) is 4.98 Å². The van der Waals surface area contributed by atoms with E-state index in [1.165, 1.54) is 0 Å². The average molecular weight is 384 g/mol. The third-order valence-electron chi connectivity index (χ3n) is 4.68. The van der Waals surface area contributed by atoms with Gasteiger partial charge in [-0.2, -0.15) is 5.10 Å². The minimum atomic E-state index is 0.576. The first-order chi connectivity index (χ1) is 13.8. The maximum absolute atomic E-state index is 5.31. The van der Waals surface area contributed by atoms with E-state index < -0.39 is 0 Å². The number of guanidine groups is 1. The van der Waals surface area contributed by atoms with Crippen molar-refractivity contribution in [3.05, 3.63) is 42.2 Å². The summed E-state index contributed by atoms with van der Waals surface area (Å²) in [4.78, 5) is 13.5. The first-order valence-corrected chi connectivity index (χ1v) is 9.34. The van der Waals surface area contributed by atoms with Crippen LogP contribution in [0, 0.1) is 0 Å². The van der Waals surface area contributed by atoms with E-state index in [4.69, 9.17) is 8.94 Å². The van der Waals surface area contributed by atoms with E-state index in [1.54, 1.807) is 12.5 Å². The maximum atomic E-state index is 5.31. The van der Waals surface area contributed by atoms with Crippen LogP contribution in [0.2, 0.25) is 0 Å². The van der Waals surface area contributed by atoms with Crippen LogP contribution in [-0.2, 0) is 13.0 Å². The third-order valence-corrected chi connectivity index (χ3v) is 4.68. The molecule has 0 saturated carbocycles. The third kappa shape index (κ3) is 4.39. The molecule has 0 aromatic carbocycles. The van der Waals surface area contributed by atoms with Gasteiger partial charge >= 0.3 is 0 Å². The summed E-state index contributed by atoms with van der Waals surface area (Å²) in [6.07, 6.45) is 3.95. The van der Waals surface area contributed by atoms with Crippen LogP contribution in [0.25, 0.3) is 11.6 Å². The minimum absolute atomic E-state index is 0.576. The van der Waals surface area contributed by atoms with Crippen LogP contribution in [0.3, 0.4) is 0 Å². The summed E-state index contributed by atoms with van der Waals surface area (Å²) in [6.45, 7) is 5.30. The van der Waals surface area contributed by atoms with E-state index in [0.29, 0.717) is 11.6 Å². The second-order valence-electron chi connectivity index (χ2n) is 6.56. The van der Waals surface area contributed by atoms with Gasteiger partial charge in [0.25, 0.3) is 0 Å². The van der Waals surface area contributed by atoms with Crippen LogP contribution in [-0.4, -0.2) is 75.9 Å². The fourth-order valence-electron chi connectivity index (χ4n) is 3.21. The van der Waals surface area contributed by atoms with Gasteiger partial charge in [-0.15, -0.1) is 0 Å². The number of furan rings is 1. The van der Waals surface area contributed by atoms with Crippen molar-refractivity contribution in [2.75, 3.05) is 39.8 Å². The predicted octanol–water partition coefficient (Wildman–Crippen LogP) is 0.988. The molecule has 10 nitrogen and oxygen atoms in total. The highest BCUT2D eigenvalue weighted by atomic mass is 16.5. The van der Waals surface area contributed by atoms with E-state index in [2.05, 4.69) is 40.4 Å². The summed E-state index contributed by atoms with van der Waals surface area (Å²) >= 11 is 0. The lowest BCUT2D eigenvalue weighted by Crippen LogP contribution is -2.52. The smallest absolute Gasteiger partial charge is 0.216 e. The summed E-state index contributed by atoms with van der Waals surface area (Å²) < 4.78 is 10.2. The Morgan fingerprint density at radius 2 is 2.14 bits per heavy atom. The highest BCUT2D eigenvalue weighted by molar-refractivity contribution is 5.80. The van der Waals surface area contributed by atoms with Gasteiger partial charge < -0.3 is 19.2 Å². The van der Waals surface area contributed by atoms with Crippen molar-refractivity contribution < 1.29 is 8.94 Å². The number of piperazine rings is 1. The Labute approximate surface area is 162 Å². The normalized spacial score (nSPS) is 15.9. The number of aromatic amines is 1. The Morgan fingerprint density at radius 3 is 2.86 bits per heavy atom. The van der Waals surface area contributed by atoms with Gasteiger partial charge in [-0.1, -0.05) is 5.16 Å². The zero-order valence-corrected chi connectivity index (χ0v) is 15.8. The molecule has 3 aromatic rings. The molecule has 1 saturated heterocycles. The highest BCUT2D eigenvalue weighted by Crippen LogP contribution is 2.14. The Bertz CT molecular complexity index is 863. The molecule has 0 spiro atoms. The lowest BCUT2D eigenvalue weighted by Gasteiger charge is -2.36. The van der Waals surface area contributed by atoms with E-state index in [9.17, 15) is 0 Å². The van der Waals surface area contributed by atoms with Crippen molar-refractivity contribution in [3.8, 4) is 11.6 Å². The summed E-state index contributed by atoms with van der Waals surface area (Å²) in [6, 6.07) is 5.57. The summed E-state index contributed by atoms with van der Waals surface area (Å²) in [7, 11) is 1.81. The Kier molecular flexibility index (Phi) is 5.66. The highest BCUT2D eigenvalue weighted by Gasteiger charge is 2.20. The molecule has 1 fully saturated rings. The van der Waals surface area contributed by atoms with Gasteiger partial charge in [0, 0.05) is 58.8 Å². The van der Waals surface area contributed by atoms with Crippen molar-refractivity contribution in [1.29, 1.82) is 0 Å². The SMILES string of the molecule is CN=C(NCCc1nc(-c2ccco2)n[nH]1)N1CCN(Cc2ccon2)CC1. The zero-order valence-electron chi connectivity index (χ0n) is 15.8. The Hall–Kier alpha value is -3.14. The number of aliphatic imine (C=N–C) groups is 1. The summed E-state index contributed by atoms with van der Waals surface area (Å²) in [5, 5.41) is 14.5. The van der Waals surface area contributed by atoms with Crippen molar-refractivity contribution in [2.45, 2.75) is 13.0 Å². The van der Waals surface area contributed by atoms with Gasteiger partial charge in [0.05, 0.1) is 12.0 Å². The van der Waals surface area contributed by atoms with E-state index >= 15 is 0 Å². The number of nitrogens with zero attached hydrogens (tertiary/aromatic N) is 6. The number of hydrogen-bond donors (Lipinski definition) is 2. The van der Waals surface area contributed by atoms with Crippen LogP contribution in [0.4, 0.5) is 0 Å². The molecule has 0 radical (unpaired) electrons. The number of rotatable bonds is 6. The molecule has 3 aromatic heterocycles. The van der Waals surface area contributed by atoms with Crippen LogP contribution in [0.15, 0.2) is 44.7 Å². The van der Waals surface area contributed by atoms with E-state index in [1.807, 2.05) is 25.2 Å². The Balaban J connectivity index is 1.22. The molecule has 0 bridgehead atoms. The van der Waals surface area contributed by atoms with Crippen LogP contribution < -0.4 is 5.32 Å². The molecule has 0 atom stereocenters. The largest absolute Gasteiger partial charge is 0.461 e. The van der Waals surface area contributed by atoms with E-state index in [0.717, 1.165) is 63.2 Å². The minimum Gasteiger partial charge on any atom is -0.461 e. The average Bonchev–Trinajstić information content (AvgIpc) is 3.48. The number of aromatic nitrogens is 4. The molecule has 2 N–H and O–H groups in total. The number of hydrogen-bond acceptors (Lipinski definition) is 7. The van der Waals surface area contributed by atoms with Gasteiger partial charge in [0.15, 0.2) is 11.7 Å². The van der Waals surface area contributed by atoms with Crippen LogP contribution in [0.1, 0.15) is 11.5 Å². The molecule has 4 heterocycles. The monoisotopic (exact) mass is 384 g/mol. The second kappa shape index (κ2) is 8.70. The molecule has 4 rings (SSSR count). The van der Waals surface area contributed by atoms with Crippen molar-refractivity contribution >= 4 is 5.96 Å². The molecule has 0 aliphatic carbocycles. The molecule has 1 aliphatic rings. The van der Waals surface area contributed by atoms with Gasteiger partial charge in [-0.05, 0) is 12.1 Å². The summed E-state index contributed by atoms with van der Waals surface area (Å²) in [5.74, 6) is 2.96. The molecule has 1 aliphatic heterocycles. The quantitative estimate of drug-likeness (QED) is 0.478. The molecule has 0 unspecified atom stereocenters. The lowest BCUT2D eigenvalue weighted by atomic mass is 10.3. The molecular formula is C18H24N8O2. The maximum Gasteiger partial charge on any atom is 0.216 e. The standard InChI is InChI=1S/C18H24N8O2/c1-19-18(26-9-7-25(8-10-26)13-14-5-12-28-24-14)20-6-4-16-21-17(23-22-16)15-3-2-11-27-15/h2-3,5,11-12H,4,6-10,13H2,1H3,(H,19,20)(H,21,22,23). The van der Waals surface area contributed by atoms with Crippen molar-refractivity contribution in [1.82, 2.24) is 35.5 Å². The van der Waals surface area contributed by atoms with Crippen LogP contribution in [0.5, 0.6) is 0 Å². The zero-order chi connectivity index (χ0) is 19.2. The van der Waals surface area contributed by atoms with Crippen LogP contribution >= 0.6 is 0 Å². The lowest BCUT2D eigenvalue weighted by molar-refractivity contribution is 0.169. The number of nitrogens with one attached hydrogen (secondary N) is 2. The van der Waals surface area contributed by atoms with Gasteiger partial charge in [-0.3, -0.25) is 15.0 Å². The molecule has 148 valence electrons. The second-order valence-corrected chi connectivity index (χ2v) is 6.56. The van der Waals surface area contributed by atoms with Gasteiger partial charge in [0.2, 0.25) is 5.82 Å². The van der Waals surface area contributed by atoms with E-state index in [-0.39, 0.29) is 0 Å². The first-order valence-electron chi connectivity index (χ1n) is 9.34. The fraction of sp³-hybridized carbons (Fsp3) is 0.444. The Morgan fingerprint density at radius 1 is 1.25 bits per heavy atom. The molecule has 28 heavy (non-hydrogen) atoms. The number of H-pyrrole nitrogens is 1. The van der Waals surface area contributed by atoms with Gasteiger partial charge in [0.1, 0.15) is 12.1 Å².